The molecule has 0 saturated heterocycles. The number of hydrogen-bond acceptors (Lipinski definition) is 2. The number of aromatic nitrogens is 2. The molecule has 15 heavy (non-hydrogen) atoms. The van der Waals surface area contributed by atoms with E-state index in [1.54, 1.807) is 0 Å². The fourth-order valence-electron chi connectivity index (χ4n) is 2.90. The number of hydrogen-bond donors (Lipinski definition) is 1. The Kier molecular flexibility index (Phi) is 2.09. The van der Waals surface area contributed by atoms with Crippen molar-refractivity contribution in [2.75, 3.05) is 0 Å². The summed E-state index contributed by atoms with van der Waals surface area (Å²) >= 11 is 0. The standard InChI is InChI=1S/C12H19N3/c1-8-11-10(13)6-3-7-15(11)12(14-8)9-4-2-5-9/h9-10H,2-7,13H2,1H3. The second-order valence-corrected chi connectivity index (χ2v) is 4.97. The van der Waals surface area contributed by atoms with E-state index in [0.29, 0.717) is 0 Å². The maximum absolute atomic E-state index is 6.16. The molecule has 1 unspecified atom stereocenters. The van der Waals surface area contributed by atoms with Gasteiger partial charge in [-0.3, -0.25) is 0 Å². The average molecular weight is 205 g/mol. The maximum Gasteiger partial charge on any atom is 0.112 e. The largest absolute Gasteiger partial charge is 0.330 e. The molecule has 0 bridgehead atoms. The second-order valence-electron chi connectivity index (χ2n) is 4.97. The van der Waals surface area contributed by atoms with Crippen molar-refractivity contribution in [1.29, 1.82) is 0 Å². The summed E-state index contributed by atoms with van der Waals surface area (Å²) < 4.78 is 2.41. The van der Waals surface area contributed by atoms with E-state index in [0.717, 1.165) is 18.9 Å². The summed E-state index contributed by atoms with van der Waals surface area (Å²) in [6.07, 6.45) is 6.36. The monoisotopic (exact) mass is 205 g/mol. The molecule has 3 heteroatoms. The zero-order chi connectivity index (χ0) is 10.4. The molecule has 1 aromatic rings. The molecule has 1 atom stereocenters. The van der Waals surface area contributed by atoms with E-state index < -0.39 is 0 Å². The van der Waals surface area contributed by atoms with Gasteiger partial charge >= 0.3 is 0 Å². The van der Waals surface area contributed by atoms with Crippen LogP contribution in [0.15, 0.2) is 0 Å². The fraction of sp³-hybridized carbons (Fsp3) is 0.750. The first-order valence-corrected chi connectivity index (χ1v) is 6.10. The SMILES string of the molecule is Cc1nc(C2CCC2)n2c1C(N)CCC2. The van der Waals surface area contributed by atoms with Crippen molar-refractivity contribution in [2.45, 2.75) is 57.5 Å². The zero-order valence-corrected chi connectivity index (χ0v) is 9.37. The van der Waals surface area contributed by atoms with Crippen LogP contribution in [0.5, 0.6) is 0 Å². The number of nitrogens with zero attached hydrogens (tertiary/aromatic N) is 2. The average Bonchev–Trinajstić information content (AvgIpc) is 2.43. The van der Waals surface area contributed by atoms with Gasteiger partial charge in [-0.15, -0.1) is 0 Å². The maximum atomic E-state index is 6.16. The first-order chi connectivity index (χ1) is 7.27. The Bertz CT molecular complexity index is 376. The van der Waals surface area contributed by atoms with Gasteiger partial charge in [0.05, 0.1) is 11.4 Å². The summed E-state index contributed by atoms with van der Waals surface area (Å²) in [5.41, 5.74) is 8.64. The van der Waals surface area contributed by atoms with Gasteiger partial charge in [-0.1, -0.05) is 6.42 Å². The molecule has 1 aliphatic heterocycles. The molecule has 2 aliphatic rings. The van der Waals surface area contributed by atoms with Crippen molar-refractivity contribution in [3.05, 3.63) is 17.2 Å². The molecule has 0 spiro atoms. The first kappa shape index (κ1) is 9.40. The molecular weight excluding hydrogens is 186 g/mol. The van der Waals surface area contributed by atoms with Crippen LogP contribution in [0.25, 0.3) is 0 Å². The van der Waals surface area contributed by atoms with Gasteiger partial charge in [0.1, 0.15) is 5.82 Å². The van der Waals surface area contributed by atoms with Gasteiger partial charge in [0.25, 0.3) is 0 Å². The third kappa shape index (κ3) is 1.33. The second kappa shape index (κ2) is 3.34. The van der Waals surface area contributed by atoms with E-state index in [1.807, 2.05) is 0 Å². The minimum Gasteiger partial charge on any atom is -0.330 e. The Morgan fingerprint density at radius 2 is 2.07 bits per heavy atom. The molecule has 82 valence electrons. The molecule has 0 amide bonds. The fourth-order valence-corrected chi connectivity index (χ4v) is 2.90. The van der Waals surface area contributed by atoms with Gasteiger partial charge in [-0.2, -0.15) is 0 Å². The van der Waals surface area contributed by atoms with Crippen molar-refractivity contribution in [3.63, 3.8) is 0 Å². The summed E-state index contributed by atoms with van der Waals surface area (Å²) in [4.78, 5) is 4.75. The number of fused-ring (bicyclic) bond motifs is 1. The molecule has 1 aromatic heterocycles. The van der Waals surface area contributed by atoms with E-state index in [-0.39, 0.29) is 6.04 Å². The summed E-state index contributed by atoms with van der Waals surface area (Å²) in [7, 11) is 0. The molecule has 2 N–H and O–H groups in total. The van der Waals surface area contributed by atoms with Crippen LogP contribution < -0.4 is 5.73 Å². The Labute approximate surface area is 90.7 Å². The van der Waals surface area contributed by atoms with E-state index >= 15 is 0 Å². The predicted molar refractivity (Wildman–Crippen MR) is 59.7 cm³/mol. The van der Waals surface area contributed by atoms with E-state index in [4.69, 9.17) is 10.7 Å². The van der Waals surface area contributed by atoms with Gasteiger partial charge < -0.3 is 10.3 Å². The third-order valence-electron chi connectivity index (χ3n) is 3.94. The Morgan fingerprint density at radius 3 is 2.73 bits per heavy atom. The van der Waals surface area contributed by atoms with Crippen LogP contribution in [-0.4, -0.2) is 9.55 Å². The zero-order valence-electron chi connectivity index (χ0n) is 9.37. The number of nitrogens with two attached hydrogens (primary N) is 1. The van der Waals surface area contributed by atoms with Crippen LogP contribution in [0.4, 0.5) is 0 Å². The van der Waals surface area contributed by atoms with Gasteiger partial charge in [0, 0.05) is 18.5 Å². The van der Waals surface area contributed by atoms with Crippen LogP contribution in [0.1, 0.15) is 61.3 Å². The van der Waals surface area contributed by atoms with Crippen molar-refractivity contribution in [1.82, 2.24) is 9.55 Å². The van der Waals surface area contributed by atoms with Crippen molar-refractivity contribution < 1.29 is 0 Å². The molecule has 0 radical (unpaired) electrons. The summed E-state index contributed by atoms with van der Waals surface area (Å²) in [5.74, 6) is 2.05. The number of rotatable bonds is 1. The van der Waals surface area contributed by atoms with E-state index in [9.17, 15) is 0 Å². The minimum absolute atomic E-state index is 0.222. The quantitative estimate of drug-likeness (QED) is 0.764. The molecule has 0 aromatic carbocycles. The molecule has 1 aliphatic carbocycles. The first-order valence-electron chi connectivity index (χ1n) is 6.10. The van der Waals surface area contributed by atoms with Crippen LogP contribution in [0.3, 0.4) is 0 Å². The van der Waals surface area contributed by atoms with Crippen molar-refractivity contribution in [3.8, 4) is 0 Å². The highest BCUT2D eigenvalue weighted by Crippen LogP contribution is 2.39. The highest BCUT2D eigenvalue weighted by Gasteiger charge is 2.30. The van der Waals surface area contributed by atoms with E-state index in [1.165, 1.54) is 42.9 Å². The predicted octanol–water partition coefficient (Wildman–Crippen LogP) is 2.25. The van der Waals surface area contributed by atoms with Crippen molar-refractivity contribution in [2.24, 2.45) is 5.73 Å². The summed E-state index contributed by atoms with van der Waals surface area (Å²) in [5, 5.41) is 0. The summed E-state index contributed by atoms with van der Waals surface area (Å²) in [6.45, 7) is 3.24. The van der Waals surface area contributed by atoms with Crippen LogP contribution in [0.2, 0.25) is 0 Å². The topological polar surface area (TPSA) is 43.8 Å². The third-order valence-corrected chi connectivity index (χ3v) is 3.94. The van der Waals surface area contributed by atoms with E-state index in [2.05, 4.69) is 11.5 Å². The lowest BCUT2D eigenvalue weighted by Gasteiger charge is -2.29. The Hall–Kier alpha value is -0.830. The normalized spacial score (nSPS) is 26.1. The van der Waals surface area contributed by atoms with Gasteiger partial charge in [-0.25, -0.2) is 4.98 Å². The lowest BCUT2D eigenvalue weighted by atomic mass is 9.84. The molecule has 2 heterocycles. The Morgan fingerprint density at radius 1 is 1.27 bits per heavy atom. The Balaban J connectivity index is 2.05. The number of imidazole rings is 1. The van der Waals surface area contributed by atoms with Crippen LogP contribution in [0, 0.1) is 6.92 Å². The molecule has 1 saturated carbocycles. The van der Waals surface area contributed by atoms with Crippen LogP contribution in [-0.2, 0) is 6.54 Å². The van der Waals surface area contributed by atoms with Crippen LogP contribution >= 0.6 is 0 Å². The van der Waals surface area contributed by atoms with Gasteiger partial charge in [0.2, 0.25) is 0 Å². The lowest BCUT2D eigenvalue weighted by Crippen LogP contribution is -2.25. The highest BCUT2D eigenvalue weighted by molar-refractivity contribution is 5.23. The minimum atomic E-state index is 0.222. The van der Waals surface area contributed by atoms with Crippen molar-refractivity contribution >= 4 is 0 Å². The van der Waals surface area contributed by atoms with Gasteiger partial charge in [-0.05, 0) is 32.6 Å². The molecule has 3 nitrogen and oxygen atoms in total. The highest BCUT2D eigenvalue weighted by atomic mass is 15.1. The number of aryl methyl sites for hydroxylation is 1. The summed E-state index contributed by atoms with van der Waals surface area (Å²) in [6, 6.07) is 0.222. The molecule has 3 rings (SSSR count). The smallest absolute Gasteiger partial charge is 0.112 e. The molecular formula is C12H19N3. The molecule has 1 fully saturated rings. The lowest BCUT2D eigenvalue weighted by molar-refractivity contribution is 0.367. The van der Waals surface area contributed by atoms with Gasteiger partial charge in [0.15, 0.2) is 0 Å².